The molecule has 0 saturated carbocycles. The molecule has 1 amide bonds. The van der Waals surface area contributed by atoms with E-state index in [1.54, 1.807) is 6.20 Å². The van der Waals surface area contributed by atoms with Gasteiger partial charge in [-0.1, -0.05) is 20.3 Å². The molecular weight excluding hydrogens is 450 g/mol. The van der Waals surface area contributed by atoms with Crippen molar-refractivity contribution in [2.45, 2.75) is 77.5 Å². The summed E-state index contributed by atoms with van der Waals surface area (Å²) in [6, 6.07) is 0. The first-order chi connectivity index (χ1) is 16.4. The highest BCUT2D eigenvalue weighted by atomic mass is 16.6. The van der Waals surface area contributed by atoms with Crippen LogP contribution in [0.3, 0.4) is 0 Å². The predicted molar refractivity (Wildman–Crippen MR) is 117 cm³/mol. The van der Waals surface area contributed by atoms with Crippen LogP contribution in [0.5, 0.6) is 0 Å². The van der Waals surface area contributed by atoms with Gasteiger partial charge in [0.05, 0.1) is 18.4 Å². The molecular formula is C22H33N3O9. The number of aromatic nitrogens is 2. The highest BCUT2D eigenvalue weighted by molar-refractivity contribution is 5.81. The van der Waals surface area contributed by atoms with Crippen molar-refractivity contribution in [2.24, 2.45) is 0 Å². The molecule has 12 nitrogen and oxygen atoms in total. The van der Waals surface area contributed by atoms with E-state index in [0.717, 1.165) is 6.42 Å². The van der Waals surface area contributed by atoms with Gasteiger partial charge in [-0.3, -0.25) is 24.0 Å². The average Bonchev–Trinajstić information content (AvgIpc) is 3.31. The number of hydrogen-bond acceptors (Lipinski definition) is 10. The summed E-state index contributed by atoms with van der Waals surface area (Å²) in [6.07, 6.45) is 3.35. The van der Waals surface area contributed by atoms with E-state index in [4.69, 9.17) is 18.9 Å². The molecule has 2 unspecified atom stereocenters. The van der Waals surface area contributed by atoms with Crippen molar-refractivity contribution in [3.05, 3.63) is 18.2 Å². The van der Waals surface area contributed by atoms with Gasteiger partial charge < -0.3 is 29.2 Å². The van der Waals surface area contributed by atoms with Crippen LogP contribution in [0.25, 0.3) is 0 Å². The molecule has 0 spiro atoms. The highest BCUT2D eigenvalue weighted by Crippen LogP contribution is 2.05. The maximum Gasteiger partial charge on any atom is 0.306 e. The van der Waals surface area contributed by atoms with Gasteiger partial charge in [0.1, 0.15) is 13.2 Å². The van der Waals surface area contributed by atoms with Crippen LogP contribution in [-0.4, -0.2) is 65.8 Å². The summed E-state index contributed by atoms with van der Waals surface area (Å²) in [5.41, 5.74) is 0.575. The number of nitrogens with zero attached hydrogens (tertiary/aromatic N) is 1. The Kier molecular flexibility index (Phi) is 14.4. The van der Waals surface area contributed by atoms with E-state index in [1.165, 1.54) is 6.33 Å². The van der Waals surface area contributed by atoms with Crippen molar-refractivity contribution in [3.8, 4) is 0 Å². The number of carbonyl (C=O) groups is 5. The Morgan fingerprint density at radius 2 is 1.71 bits per heavy atom. The quantitative estimate of drug-likeness (QED) is 0.135. The molecule has 0 aliphatic carbocycles. The molecule has 1 heterocycles. The van der Waals surface area contributed by atoms with Gasteiger partial charge in [0.2, 0.25) is 5.91 Å². The summed E-state index contributed by atoms with van der Waals surface area (Å²) < 4.78 is 20.2. The van der Waals surface area contributed by atoms with E-state index < -0.39 is 36.1 Å². The molecule has 0 radical (unpaired) electrons. The lowest BCUT2D eigenvalue weighted by Gasteiger charge is -2.18. The number of esters is 3. The third kappa shape index (κ3) is 13.2. The summed E-state index contributed by atoms with van der Waals surface area (Å²) in [5.74, 6) is -2.16. The van der Waals surface area contributed by atoms with E-state index in [-0.39, 0.29) is 51.8 Å². The summed E-state index contributed by atoms with van der Waals surface area (Å²) in [6.45, 7) is 3.42. The zero-order chi connectivity index (χ0) is 25.2. The van der Waals surface area contributed by atoms with E-state index in [0.29, 0.717) is 18.5 Å². The van der Waals surface area contributed by atoms with E-state index in [1.807, 2.05) is 13.8 Å². The number of aromatic amines is 1. The van der Waals surface area contributed by atoms with E-state index in [9.17, 15) is 24.0 Å². The number of H-pyrrole nitrogens is 1. The molecule has 0 aromatic carbocycles. The fourth-order valence-electron chi connectivity index (χ4n) is 2.66. The van der Waals surface area contributed by atoms with Crippen molar-refractivity contribution in [3.63, 3.8) is 0 Å². The molecule has 1 aromatic heterocycles. The topological polar surface area (TPSA) is 163 Å². The molecule has 12 heteroatoms. The van der Waals surface area contributed by atoms with Crippen LogP contribution in [0.15, 0.2) is 12.5 Å². The molecule has 1 aromatic rings. The third-order valence-electron chi connectivity index (χ3n) is 4.39. The van der Waals surface area contributed by atoms with Crippen LogP contribution in [-0.2, 0) is 49.3 Å². The van der Waals surface area contributed by atoms with E-state index in [2.05, 4.69) is 15.3 Å². The largest absolute Gasteiger partial charge is 0.462 e. The van der Waals surface area contributed by atoms with Crippen LogP contribution in [0.4, 0.5) is 0 Å². The lowest BCUT2D eigenvalue weighted by atomic mass is 10.2. The Bertz CT molecular complexity index is 768. The summed E-state index contributed by atoms with van der Waals surface area (Å²) >= 11 is 0. The van der Waals surface area contributed by atoms with Crippen molar-refractivity contribution in [1.29, 1.82) is 0 Å². The number of rotatable bonds is 18. The number of amides is 1. The number of hydrogen-bond donors (Lipinski definition) is 2. The lowest BCUT2D eigenvalue weighted by Crippen LogP contribution is -2.38. The Morgan fingerprint density at radius 1 is 1.00 bits per heavy atom. The molecule has 1 rings (SSSR count). The number of carbonyl (C=O) groups excluding carboxylic acids is 5. The molecule has 0 saturated heterocycles. The van der Waals surface area contributed by atoms with Gasteiger partial charge >= 0.3 is 17.9 Å². The predicted octanol–water partition coefficient (Wildman–Crippen LogP) is 1.34. The molecule has 2 N–H and O–H groups in total. The Hall–Kier alpha value is -3.44. The van der Waals surface area contributed by atoms with Crippen LogP contribution < -0.4 is 5.32 Å². The molecule has 2 atom stereocenters. The van der Waals surface area contributed by atoms with Crippen molar-refractivity contribution in [1.82, 2.24) is 15.3 Å². The first-order valence-corrected chi connectivity index (χ1v) is 11.2. The maximum atomic E-state index is 12.1. The second kappa shape index (κ2) is 17.1. The number of nitrogens with one attached hydrogen (secondary N) is 2. The fraction of sp³-hybridized carbons (Fsp3) is 0.636. The first kappa shape index (κ1) is 28.6. The minimum absolute atomic E-state index is 0.153. The number of imidazole rings is 1. The van der Waals surface area contributed by atoms with E-state index >= 15 is 0 Å². The third-order valence-corrected chi connectivity index (χ3v) is 4.39. The number of ether oxygens (including phenoxy) is 4. The minimum Gasteiger partial charge on any atom is -0.462 e. The van der Waals surface area contributed by atoms with Crippen LogP contribution in [0.1, 0.15) is 64.5 Å². The molecule has 190 valence electrons. The zero-order valence-corrected chi connectivity index (χ0v) is 19.6. The Morgan fingerprint density at radius 3 is 2.29 bits per heavy atom. The summed E-state index contributed by atoms with van der Waals surface area (Å²) in [5, 5.41) is 2.49. The number of unbranched alkanes of at least 4 members (excludes halogenated alkanes) is 1. The standard InChI is InChI=1S/C22H33N3O9/c1-3-5-7-20(28)31-12-17(34-22(30)6-4-2)13-32-21(29)9-8-18(27)25-19(33-15-26)10-16-11-23-14-24-16/h11,14-15,17,19H,3-10,12-13H2,1-2H3,(H,23,24)(H,25,27). The summed E-state index contributed by atoms with van der Waals surface area (Å²) in [4.78, 5) is 65.1. The van der Waals surface area contributed by atoms with Crippen LogP contribution in [0, 0.1) is 0 Å². The van der Waals surface area contributed by atoms with Crippen LogP contribution >= 0.6 is 0 Å². The SMILES string of the molecule is CCCCC(=O)OCC(COC(=O)CCC(=O)NC(Cc1c[nH]cn1)OC=O)OC(=O)CCC. The minimum atomic E-state index is -0.943. The molecule has 0 aliphatic heterocycles. The second-order valence-electron chi connectivity index (χ2n) is 7.38. The monoisotopic (exact) mass is 483 g/mol. The molecule has 34 heavy (non-hydrogen) atoms. The highest BCUT2D eigenvalue weighted by Gasteiger charge is 2.20. The first-order valence-electron chi connectivity index (χ1n) is 11.2. The van der Waals surface area contributed by atoms with Gasteiger partial charge in [-0.05, 0) is 12.8 Å². The lowest BCUT2D eigenvalue weighted by molar-refractivity contribution is -0.167. The van der Waals surface area contributed by atoms with Gasteiger partial charge in [-0.15, -0.1) is 0 Å². The molecule has 0 bridgehead atoms. The maximum absolute atomic E-state index is 12.1. The smallest absolute Gasteiger partial charge is 0.306 e. The average molecular weight is 484 g/mol. The fourth-order valence-corrected chi connectivity index (χ4v) is 2.66. The Balaban J connectivity index is 2.45. The van der Waals surface area contributed by atoms with Gasteiger partial charge in [-0.25, -0.2) is 4.98 Å². The van der Waals surface area contributed by atoms with Gasteiger partial charge in [-0.2, -0.15) is 0 Å². The van der Waals surface area contributed by atoms with Crippen molar-refractivity contribution < 1.29 is 42.9 Å². The van der Waals surface area contributed by atoms with Crippen molar-refractivity contribution >= 4 is 30.3 Å². The van der Waals surface area contributed by atoms with Gasteiger partial charge in [0.15, 0.2) is 12.3 Å². The Labute approximate surface area is 198 Å². The molecule has 0 aliphatic rings. The molecule has 0 fully saturated rings. The van der Waals surface area contributed by atoms with Gasteiger partial charge in [0.25, 0.3) is 6.47 Å². The zero-order valence-electron chi connectivity index (χ0n) is 19.6. The van der Waals surface area contributed by atoms with Crippen LogP contribution in [0.2, 0.25) is 0 Å². The van der Waals surface area contributed by atoms with Gasteiger partial charge in [0, 0.05) is 31.9 Å². The van der Waals surface area contributed by atoms with Crippen molar-refractivity contribution in [2.75, 3.05) is 13.2 Å². The normalized spacial score (nSPS) is 12.2. The second-order valence-corrected chi connectivity index (χ2v) is 7.38. The summed E-state index contributed by atoms with van der Waals surface area (Å²) in [7, 11) is 0.